The summed E-state index contributed by atoms with van der Waals surface area (Å²) in [6.07, 6.45) is 3.72. The number of likely N-dealkylation sites (N-methyl/N-ethyl adjacent to an activating group) is 1. The summed E-state index contributed by atoms with van der Waals surface area (Å²) in [5.41, 5.74) is 2.00. The third-order valence-electron chi connectivity index (χ3n) is 4.27. The van der Waals surface area contributed by atoms with Crippen LogP contribution in [0.25, 0.3) is 6.08 Å². The van der Waals surface area contributed by atoms with Gasteiger partial charge in [0.15, 0.2) is 0 Å². The summed E-state index contributed by atoms with van der Waals surface area (Å²) >= 11 is 5.81. The minimum absolute atomic E-state index is 0.250. The molecule has 0 amide bonds. The molecule has 0 aliphatic carbocycles. The van der Waals surface area contributed by atoms with Crippen molar-refractivity contribution in [2.24, 2.45) is 0 Å². The highest BCUT2D eigenvalue weighted by molar-refractivity contribution is 6.55. The Kier molecular flexibility index (Phi) is 4.97. The second kappa shape index (κ2) is 6.28. The van der Waals surface area contributed by atoms with Crippen molar-refractivity contribution in [3.8, 4) is 0 Å². The molecule has 7 heteroatoms. The lowest BCUT2D eigenvalue weighted by atomic mass is 9.77. The topological polar surface area (TPSA) is 56.3 Å². The molecule has 0 unspecified atom stereocenters. The van der Waals surface area contributed by atoms with Gasteiger partial charge < -0.3 is 14.6 Å². The molecule has 1 aromatic heterocycles. The van der Waals surface area contributed by atoms with Crippen molar-refractivity contribution >= 4 is 24.8 Å². The molecule has 0 bridgehead atoms. The van der Waals surface area contributed by atoms with Gasteiger partial charge in [-0.15, -0.1) is 0 Å². The molecule has 0 aromatic carbocycles. The molecule has 2 rings (SSSR count). The summed E-state index contributed by atoms with van der Waals surface area (Å²) in [5, 5.41) is 3.41. The van der Waals surface area contributed by atoms with Gasteiger partial charge in [0.1, 0.15) is 0 Å². The number of halogens is 1. The number of nitrogens with zero attached hydrogens (tertiary/aromatic N) is 2. The second-order valence-electron chi connectivity index (χ2n) is 6.52. The first-order chi connectivity index (χ1) is 10.2. The Bertz CT molecular complexity index is 574. The van der Waals surface area contributed by atoms with E-state index in [0.29, 0.717) is 6.54 Å². The van der Waals surface area contributed by atoms with Gasteiger partial charge in [0.2, 0.25) is 5.28 Å². The fourth-order valence-electron chi connectivity index (χ4n) is 2.19. The predicted molar refractivity (Wildman–Crippen MR) is 89.8 cm³/mol. The first-order valence-electron chi connectivity index (χ1n) is 7.36. The SMILES string of the molecule is CNCC(=Cc1cnc(Cl)nc1C)B1OC(C)(C)C(C)(C)O1. The molecule has 1 aliphatic heterocycles. The lowest BCUT2D eigenvalue weighted by Gasteiger charge is -2.32. The zero-order valence-corrected chi connectivity index (χ0v) is 14.8. The fourth-order valence-corrected chi connectivity index (χ4v) is 2.37. The minimum Gasteiger partial charge on any atom is -0.400 e. The quantitative estimate of drug-likeness (QED) is 0.682. The first-order valence-corrected chi connectivity index (χ1v) is 7.74. The second-order valence-corrected chi connectivity index (χ2v) is 6.86. The van der Waals surface area contributed by atoms with E-state index in [1.807, 2.05) is 47.7 Å². The van der Waals surface area contributed by atoms with E-state index in [1.165, 1.54) is 0 Å². The maximum Gasteiger partial charge on any atom is 0.491 e. The lowest BCUT2D eigenvalue weighted by molar-refractivity contribution is 0.00578. The van der Waals surface area contributed by atoms with Crippen LogP contribution in [-0.2, 0) is 9.31 Å². The van der Waals surface area contributed by atoms with E-state index in [4.69, 9.17) is 20.9 Å². The maximum absolute atomic E-state index is 6.12. The van der Waals surface area contributed by atoms with Crippen molar-refractivity contribution in [2.75, 3.05) is 13.6 Å². The van der Waals surface area contributed by atoms with Crippen molar-refractivity contribution in [2.45, 2.75) is 45.8 Å². The molecule has 1 saturated heterocycles. The van der Waals surface area contributed by atoms with Gasteiger partial charge in [0.05, 0.1) is 11.2 Å². The van der Waals surface area contributed by atoms with E-state index in [2.05, 4.69) is 15.3 Å². The normalized spacial score (nSPS) is 20.5. The summed E-state index contributed by atoms with van der Waals surface area (Å²) in [6, 6.07) is 0. The molecule has 0 saturated carbocycles. The monoisotopic (exact) mass is 323 g/mol. The Morgan fingerprint density at radius 2 is 1.91 bits per heavy atom. The Morgan fingerprint density at radius 1 is 1.32 bits per heavy atom. The van der Waals surface area contributed by atoms with Gasteiger partial charge in [0.25, 0.3) is 0 Å². The number of aromatic nitrogens is 2. The zero-order valence-electron chi connectivity index (χ0n) is 14.0. The summed E-state index contributed by atoms with van der Waals surface area (Å²) in [5.74, 6) is 0. The molecule has 22 heavy (non-hydrogen) atoms. The van der Waals surface area contributed by atoms with Gasteiger partial charge >= 0.3 is 7.12 Å². The summed E-state index contributed by atoms with van der Waals surface area (Å²) in [7, 11) is 1.50. The van der Waals surface area contributed by atoms with Crippen molar-refractivity contribution in [1.29, 1.82) is 0 Å². The van der Waals surface area contributed by atoms with Crippen LogP contribution in [0, 0.1) is 6.92 Å². The third-order valence-corrected chi connectivity index (χ3v) is 4.45. The van der Waals surface area contributed by atoms with E-state index in [-0.39, 0.29) is 16.5 Å². The zero-order chi connectivity index (χ0) is 16.5. The molecule has 0 atom stereocenters. The Hall–Kier alpha value is -0.945. The standard InChI is InChI=1S/C15H23BClN3O2/c1-10-11(8-19-13(17)20-10)7-12(9-18-6)16-21-14(2,3)15(4,5)22-16/h7-8,18H,9H2,1-6H3. The van der Waals surface area contributed by atoms with Crippen LogP contribution >= 0.6 is 11.6 Å². The third kappa shape index (κ3) is 3.51. The lowest BCUT2D eigenvalue weighted by Crippen LogP contribution is -2.41. The Balaban J connectivity index is 2.33. The van der Waals surface area contributed by atoms with Crippen molar-refractivity contribution in [3.63, 3.8) is 0 Å². The van der Waals surface area contributed by atoms with Gasteiger partial charge in [-0.2, -0.15) is 0 Å². The molecule has 5 nitrogen and oxygen atoms in total. The number of aryl methyl sites for hydroxylation is 1. The van der Waals surface area contributed by atoms with E-state index in [9.17, 15) is 0 Å². The van der Waals surface area contributed by atoms with Crippen LogP contribution in [-0.4, -0.2) is 41.9 Å². The van der Waals surface area contributed by atoms with E-state index in [1.54, 1.807) is 6.20 Å². The van der Waals surface area contributed by atoms with Crippen LogP contribution in [0.2, 0.25) is 5.28 Å². The van der Waals surface area contributed by atoms with Gasteiger partial charge in [-0.25, -0.2) is 9.97 Å². The van der Waals surface area contributed by atoms with Gasteiger partial charge in [-0.05, 0) is 58.7 Å². The molecular formula is C15H23BClN3O2. The van der Waals surface area contributed by atoms with Crippen LogP contribution < -0.4 is 5.32 Å². The van der Waals surface area contributed by atoms with Crippen LogP contribution in [0.5, 0.6) is 0 Å². The maximum atomic E-state index is 6.12. The highest BCUT2D eigenvalue weighted by Crippen LogP contribution is 2.38. The molecule has 0 spiro atoms. The van der Waals surface area contributed by atoms with E-state index in [0.717, 1.165) is 16.7 Å². The Morgan fingerprint density at radius 3 is 2.41 bits per heavy atom. The number of hydrogen-bond acceptors (Lipinski definition) is 5. The molecule has 1 aromatic rings. The molecule has 120 valence electrons. The number of rotatable bonds is 4. The fraction of sp³-hybridized carbons (Fsp3) is 0.600. The molecule has 1 aliphatic rings. The van der Waals surface area contributed by atoms with E-state index >= 15 is 0 Å². The van der Waals surface area contributed by atoms with Crippen LogP contribution in [0.15, 0.2) is 11.7 Å². The van der Waals surface area contributed by atoms with Crippen molar-refractivity contribution in [1.82, 2.24) is 15.3 Å². The summed E-state index contributed by atoms with van der Waals surface area (Å²) in [4.78, 5) is 8.22. The molecule has 2 heterocycles. The van der Waals surface area contributed by atoms with Gasteiger partial charge in [-0.3, -0.25) is 0 Å². The van der Waals surface area contributed by atoms with Gasteiger partial charge in [-0.1, -0.05) is 6.08 Å². The highest BCUT2D eigenvalue weighted by atomic mass is 35.5. The number of hydrogen-bond donors (Lipinski definition) is 1. The van der Waals surface area contributed by atoms with E-state index < -0.39 is 7.12 Å². The van der Waals surface area contributed by atoms with Crippen molar-refractivity contribution < 1.29 is 9.31 Å². The molecule has 1 fully saturated rings. The predicted octanol–water partition coefficient (Wildman–Crippen LogP) is 2.67. The molecule has 0 radical (unpaired) electrons. The summed E-state index contributed by atoms with van der Waals surface area (Å²) in [6.45, 7) is 10.7. The average molecular weight is 324 g/mol. The Labute approximate surface area is 137 Å². The molecule has 1 N–H and O–H groups in total. The largest absolute Gasteiger partial charge is 0.491 e. The van der Waals surface area contributed by atoms with Crippen molar-refractivity contribution in [3.05, 3.63) is 28.2 Å². The smallest absolute Gasteiger partial charge is 0.400 e. The van der Waals surface area contributed by atoms with Crippen LogP contribution in [0.4, 0.5) is 0 Å². The van der Waals surface area contributed by atoms with Gasteiger partial charge in [0, 0.05) is 24.0 Å². The van der Waals surface area contributed by atoms with Crippen LogP contribution in [0.1, 0.15) is 39.0 Å². The first kappa shape index (κ1) is 17.4. The van der Waals surface area contributed by atoms with Crippen LogP contribution in [0.3, 0.4) is 0 Å². The molecular weight excluding hydrogens is 300 g/mol. The minimum atomic E-state index is -0.396. The number of nitrogens with one attached hydrogen (secondary N) is 1. The summed E-state index contributed by atoms with van der Waals surface area (Å²) < 4.78 is 12.2. The average Bonchev–Trinajstić information content (AvgIpc) is 2.61. The highest BCUT2D eigenvalue weighted by Gasteiger charge is 2.52.